The van der Waals surface area contributed by atoms with Crippen LogP contribution in [0.15, 0.2) is 24.3 Å². The molecule has 0 atom stereocenters. The minimum Gasteiger partial charge on any atom is -0.448 e. The molecule has 1 aromatic carbocycles. The van der Waals surface area contributed by atoms with Gasteiger partial charge in [-0.2, -0.15) is 5.01 Å². The molecule has 3 N–H and O–H groups in total. The summed E-state index contributed by atoms with van der Waals surface area (Å²) in [6.07, 6.45) is -1.00. The molecule has 0 aliphatic carbocycles. The van der Waals surface area contributed by atoms with E-state index in [0.717, 1.165) is 0 Å². The number of rotatable bonds is 4. The number of nitrogens with zero attached hydrogens (tertiary/aromatic N) is 2. The number of para-hydroxylation sites is 1. The summed E-state index contributed by atoms with van der Waals surface area (Å²) in [5.74, 6) is 5.10. The largest absolute Gasteiger partial charge is 0.448 e. The topological polar surface area (TPSA) is 123 Å². The summed E-state index contributed by atoms with van der Waals surface area (Å²) >= 11 is 0. The Morgan fingerprint density at radius 1 is 1.53 bits per heavy atom. The summed E-state index contributed by atoms with van der Waals surface area (Å²) in [6.45, 7) is 1.74. The number of nitro groups is 1. The fourth-order valence-electron chi connectivity index (χ4n) is 1.41. The van der Waals surface area contributed by atoms with Crippen molar-refractivity contribution in [2.24, 2.45) is 5.84 Å². The number of nitrogens with two attached hydrogens (primary N) is 1. The fraction of sp³-hybridized carbons (Fsp3) is 0.273. The van der Waals surface area contributed by atoms with E-state index >= 15 is 0 Å². The first kappa shape index (κ1) is 14.6. The van der Waals surface area contributed by atoms with Gasteiger partial charge < -0.3 is 4.74 Å². The first-order valence-corrected chi connectivity index (χ1v) is 5.48. The van der Waals surface area contributed by atoms with Crippen LogP contribution < -0.4 is 5.84 Å². The highest BCUT2D eigenvalue weighted by molar-refractivity contribution is 5.94. The van der Waals surface area contributed by atoms with Crippen molar-refractivity contribution in [3.05, 3.63) is 39.9 Å². The molecular weight excluding hydrogens is 252 g/mol. The van der Waals surface area contributed by atoms with Crippen molar-refractivity contribution >= 4 is 17.6 Å². The van der Waals surface area contributed by atoms with Gasteiger partial charge in [-0.25, -0.2) is 10.6 Å². The molecule has 0 bridgehead atoms. The van der Waals surface area contributed by atoms with Crippen molar-refractivity contribution in [3.8, 4) is 0 Å². The standard InChI is InChI=1S/C11H14N4O4/c1-2-19-11(16)14(13)10(12)7-8-5-3-4-6-9(8)15(17)18/h3-6,12H,2,7,13H2,1H3. The first-order chi connectivity index (χ1) is 8.97. The molecule has 0 unspecified atom stereocenters. The molecule has 1 rings (SSSR count). The number of carbonyl (C=O) groups excluding carboxylic acids is 1. The minimum absolute atomic E-state index is 0.121. The lowest BCUT2D eigenvalue weighted by Crippen LogP contribution is -2.43. The van der Waals surface area contributed by atoms with Crippen LogP contribution >= 0.6 is 0 Å². The zero-order valence-electron chi connectivity index (χ0n) is 10.3. The summed E-state index contributed by atoms with van der Waals surface area (Å²) < 4.78 is 4.63. The maximum atomic E-state index is 11.3. The highest BCUT2D eigenvalue weighted by atomic mass is 16.6. The van der Waals surface area contributed by atoms with Crippen LogP contribution in [0.3, 0.4) is 0 Å². The van der Waals surface area contributed by atoms with Crippen molar-refractivity contribution < 1.29 is 14.5 Å². The lowest BCUT2D eigenvalue weighted by Gasteiger charge is -2.16. The van der Waals surface area contributed by atoms with Crippen molar-refractivity contribution in [2.45, 2.75) is 13.3 Å². The normalized spacial score (nSPS) is 9.79. The molecule has 0 heterocycles. The van der Waals surface area contributed by atoms with Crippen LogP contribution in [0.5, 0.6) is 0 Å². The number of hydrazine groups is 1. The monoisotopic (exact) mass is 266 g/mol. The van der Waals surface area contributed by atoms with Gasteiger partial charge in [0.05, 0.1) is 11.5 Å². The van der Waals surface area contributed by atoms with Gasteiger partial charge in [-0.15, -0.1) is 0 Å². The molecule has 8 heteroatoms. The number of amidine groups is 1. The predicted octanol–water partition coefficient (Wildman–Crippen LogP) is 1.45. The Labute approximate surface area is 109 Å². The van der Waals surface area contributed by atoms with Crippen molar-refractivity contribution in [1.82, 2.24) is 5.01 Å². The highest BCUT2D eigenvalue weighted by Crippen LogP contribution is 2.18. The van der Waals surface area contributed by atoms with E-state index < -0.39 is 11.0 Å². The van der Waals surface area contributed by atoms with E-state index in [9.17, 15) is 14.9 Å². The van der Waals surface area contributed by atoms with E-state index in [1.165, 1.54) is 18.2 Å². The number of carbonyl (C=O) groups is 1. The molecule has 0 aliphatic heterocycles. The Bertz CT molecular complexity index is 503. The number of nitrogens with one attached hydrogen (secondary N) is 1. The third-order valence-electron chi connectivity index (χ3n) is 2.30. The van der Waals surface area contributed by atoms with E-state index in [1.807, 2.05) is 0 Å². The molecule has 19 heavy (non-hydrogen) atoms. The number of amides is 1. The second-order valence-electron chi connectivity index (χ2n) is 3.58. The molecule has 1 aromatic rings. The lowest BCUT2D eigenvalue weighted by atomic mass is 10.1. The van der Waals surface area contributed by atoms with Crippen LogP contribution in [0, 0.1) is 15.5 Å². The van der Waals surface area contributed by atoms with Gasteiger partial charge in [0.15, 0.2) is 0 Å². The average molecular weight is 266 g/mol. The summed E-state index contributed by atoms with van der Waals surface area (Å²) in [4.78, 5) is 21.6. The van der Waals surface area contributed by atoms with Crippen molar-refractivity contribution in [1.29, 1.82) is 5.41 Å². The summed E-state index contributed by atoms with van der Waals surface area (Å²) in [7, 11) is 0. The number of nitro benzene ring substituents is 1. The lowest BCUT2D eigenvalue weighted by molar-refractivity contribution is -0.385. The average Bonchev–Trinajstić information content (AvgIpc) is 2.38. The predicted molar refractivity (Wildman–Crippen MR) is 67.6 cm³/mol. The van der Waals surface area contributed by atoms with E-state index in [0.29, 0.717) is 10.6 Å². The van der Waals surface area contributed by atoms with Crippen LogP contribution in [0.2, 0.25) is 0 Å². The summed E-state index contributed by atoms with van der Waals surface area (Å²) in [6, 6.07) is 5.97. The van der Waals surface area contributed by atoms with Gasteiger partial charge in [0.25, 0.3) is 5.69 Å². The van der Waals surface area contributed by atoms with Crippen LogP contribution in [0.4, 0.5) is 10.5 Å². The van der Waals surface area contributed by atoms with Crippen LogP contribution in [-0.4, -0.2) is 28.5 Å². The number of hydrogen-bond donors (Lipinski definition) is 2. The quantitative estimate of drug-likeness (QED) is 0.213. The third-order valence-corrected chi connectivity index (χ3v) is 2.30. The van der Waals surface area contributed by atoms with E-state index in [-0.39, 0.29) is 24.6 Å². The Balaban J connectivity index is 2.83. The molecule has 0 fully saturated rings. The summed E-state index contributed by atoms with van der Waals surface area (Å²) in [5.41, 5.74) is 0.182. The van der Waals surface area contributed by atoms with E-state index in [4.69, 9.17) is 11.3 Å². The van der Waals surface area contributed by atoms with Gasteiger partial charge >= 0.3 is 6.09 Å². The van der Waals surface area contributed by atoms with Crippen LogP contribution in [0.25, 0.3) is 0 Å². The molecule has 0 aliphatic rings. The molecule has 8 nitrogen and oxygen atoms in total. The van der Waals surface area contributed by atoms with Gasteiger partial charge in [-0.1, -0.05) is 18.2 Å². The smallest absolute Gasteiger partial charge is 0.429 e. The van der Waals surface area contributed by atoms with Gasteiger partial charge in [0.1, 0.15) is 5.84 Å². The zero-order valence-corrected chi connectivity index (χ0v) is 10.3. The van der Waals surface area contributed by atoms with E-state index in [2.05, 4.69) is 4.74 Å². The second-order valence-corrected chi connectivity index (χ2v) is 3.58. The van der Waals surface area contributed by atoms with Crippen LogP contribution in [0.1, 0.15) is 12.5 Å². The van der Waals surface area contributed by atoms with Gasteiger partial charge in [-0.3, -0.25) is 15.5 Å². The fourth-order valence-corrected chi connectivity index (χ4v) is 1.41. The molecular formula is C11H14N4O4. The minimum atomic E-state index is -0.869. The van der Waals surface area contributed by atoms with E-state index in [1.54, 1.807) is 13.0 Å². The first-order valence-electron chi connectivity index (χ1n) is 5.48. The highest BCUT2D eigenvalue weighted by Gasteiger charge is 2.20. The number of ether oxygens (including phenoxy) is 1. The maximum absolute atomic E-state index is 11.3. The Kier molecular flexibility index (Phi) is 4.95. The zero-order chi connectivity index (χ0) is 14.4. The number of benzene rings is 1. The van der Waals surface area contributed by atoms with Gasteiger partial charge in [0.2, 0.25) is 0 Å². The molecule has 0 aromatic heterocycles. The number of hydrogen-bond acceptors (Lipinski definition) is 6. The van der Waals surface area contributed by atoms with Crippen LogP contribution in [-0.2, 0) is 11.2 Å². The molecule has 0 spiro atoms. The van der Waals surface area contributed by atoms with Gasteiger partial charge in [-0.05, 0) is 6.92 Å². The maximum Gasteiger partial charge on any atom is 0.429 e. The summed E-state index contributed by atoms with van der Waals surface area (Å²) in [5, 5.41) is 19.0. The Hall–Kier alpha value is -2.48. The third kappa shape index (κ3) is 3.75. The Morgan fingerprint density at radius 3 is 2.74 bits per heavy atom. The molecule has 0 saturated heterocycles. The van der Waals surface area contributed by atoms with Gasteiger partial charge in [0, 0.05) is 18.1 Å². The molecule has 0 radical (unpaired) electrons. The van der Waals surface area contributed by atoms with Crippen molar-refractivity contribution in [2.75, 3.05) is 6.61 Å². The molecule has 1 amide bonds. The second kappa shape index (κ2) is 6.45. The molecule has 0 saturated carbocycles. The SMILES string of the molecule is CCOC(=O)N(N)C(=N)Cc1ccccc1[N+](=O)[O-]. The Morgan fingerprint density at radius 2 is 2.16 bits per heavy atom. The van der Waals surface area contributed by atoms with Crippen molar-refractivity contribution in [3.63, 3.8) is 0 Å². The molecule has 102 valence electrons.